The molecule has 0 spiro atoms. The van der Waals surface area contributed by atoms with Crippen molar-refractivity contribution >= 4 is 38.1 Å². The molecule has 2 heterocycles. The van der Waals surface area contributed by atoms with Gasteiger partial charge in [0.2, 0.25) is 15.2 Å². The van der Waals surface area contributed by atoms with E-state index in [4.69, 9.17) is 9.47 Å². The first-order valence-electron chi connectivity index (χ1n) is 9.28. The van der Waals surface area contributed by atoms with Crippen molar-refractivity contribution in [1.82, 2.24) is 10.2 Å². The number of sulfonamides is 1. The summed E-state index contributed by atoms with van der Waals surface area (Å²) in [4.78, 5) is 12.8. The van der Waals surface area contributed by atoms with Crippen LogP contribution in [0.3, 0.4) is 0 Å². The molecule has 1 amide bonds. The van der Waals surface area contributed by atoms with Crippen molar-refractivity contribution < 1.29 is 22.7 Å². The first kappa shape index (κ1) is 21.1. The van der Waals surface area contributed by atoms with Crippen LogP contribution in [0, 0.1) is 6.92 Å². The highest BCUT2D eigenvalue weighted by Crippen LogP contribution is 2.36. The first-order chi connectivity index (χ1) is 14.7. The lowest BCUT2D eigenvalue weighted by Crippen LogP contribution is -2.48. The molecule has 1 aromatic heterocycles. The molecule has 162 valence electrons. The molecule has 0 aliphatic carbocycles. The summed E-state index contributed by atoms with van der Waals surface area (Å²) in [6.07, 6.45) is 0.0698. The summed E-state index contributed by atoms with van der Waals surface area (Å²) in [6.45, 7) is 1.73. The summed E-state index contributed by atoms with van der Waals surface area (Å²) in [7, 11) is -2.00. The molecule has 1 N–H and O–H groups in total. The van der Waals surface area contributed by atoms with Gasteiger partial charge in [0.05, 0.1) is 25.6 Å². The third-order valence-corrected chi connectivity index (χ3v) is 6.70. The number of hydrogen-bond acceptors (Lipinski definition) is 8. The van der Waals surface area contributed by atoms with Crippen LogP contribution in [0.4, 0.5) is 10.8 Å². The molecule has 2 aromatic carbocycles. The molecule has 0 bridgehead atoms. The maximum absolute atomic E-state index is 12.8. The zero-order valence-corrected chi connectivity index (χ0v) is 18.7. The van der Waals surface area contributed by atoms with Gasteiger partial charge in [-0.2, -0.15) is 0 Å². The average Bonchev–Trinajstić information content (AvgIpc) is 3.20. The van der Waals surface area contributed by atoms with Crippen molar-refractivity contribution in [2.75, 3.05) is 29.5 Å². The van der Waals surface area contributed by atoms with Gasteiger partial charge in [-0.15, -0.1) is 10.2 Å². The molecule has 1 atom stereocenters. The van der Waals surface area contributed by atoms with Crippen molar-refractivity contribution in [3.63, 3.8) is 0 Å². The van der Waals surface area contributed by atoms with Crippen LogP contribution in [-0.2, 0) is 14.8 Å². The van der Waals surface area contributed by atoms with Crippen LogP contribution in [-0.4, -0.2) is 50.5 Å². The molecule has 9 nitrogen and oxygen atoms in total. The highest BCUT2D eigenvalue weighted by Gasteiger charge is 2.35. The van der Waals surface area contributed by atoms with E-state index in [0.29, 0.717) is 21.6 Å². The minimum Gasteiger partial charge on any atom is -0.497 e. The molecule has 0 saturated heterocycles. The molecule has 0 radical (unpaired) electrons. The average molecular weight is 461 g/mol. The fourth-order valence-electron chi connectivity index (χ4n) is 3.12. The van der Waals surface area contributed by atoms with Gasteiger partial charge in [0.25, 0.3) is 5.91 Å². The highest BCUT2D eigenvalue weighted by molar-refractivity contribution is 7.92. The van der Waals surface area contributed by atoms with Gasteiger partial charge in [-0.05, 0) is 48.9 Å². The Morgan fingerprint density at radius 3 is 2.65 bits per heavy atom. The van der Waals surface area contributed by atoms with Gasteiger partial charge in [0.1, 0.15) is 16.5 Å². The normalized spacial score (nSPS) is 15.7. The third-order valence-electron chi connectivity index (χ3n) is 4.67. The lowest BCUT2D eigenvalue weighted by Gasteiger charge is -2.33. The topological polar surface area (TPSA) is 111 Å². The lowest BCUT2D eigenvalue weighted by atomic mass is 10.1. The zero-order valence-electron chi connectivity index (χ0n) is 17.0. The second-order valence-corrected chi connectivity index (χ2v) is 9.89. The Balaban J connectivity index is 1.53. The number of hydrogen-bond donors (Lipinski definition) is 1. The molecule has 0 unspecified atom stereocenters. The van der Waals surface area contributed by atoms with Crippen molar-refractivity contribution in [2.24, 2.45) is 0 Å². The van der Waals surface area contributed by atoms with Crippen LogP contribution >= 0.6 is 11.3 Å². The number of amides is 1. The van der Waals surface area contributed by atoms with Crippen LogP contribution in [0.5, 0.6) is 11.5 Å². The molecule has 4 rings (SSSR count). The third kappa shape index (κ3) is 4.47. The number of anilines is 2. The van der Waals surface area contributed by atoms with Gasteiger partial charge in [-0.1, -0.05) is 17.4 Å². The fraction of sp³-hybridized carbons (Fsp3) is 0.250. The van der Waals surface area contributed by atoms with E-state index in [0.717, 1.165) is 23.1 Å². The van der Waals surface area contributed by atoms with E-state index in [9.17, 15) is 13.2 Å². The number of aryl methyl sites for hydroxylation is 1. The summed E-state index contributed by atoms with van der Waals surface area (Å²) in [5.41, 5.74) is 2.14. The number of carbonyl (C=O) groups excluding carboxylic acids is 1. The second-order valence-electron chi connectivity index (χ2n) is 7.00. The number of fused-ring (bicyclic) bond motifs is 1. The van der Waals surface area contributed by atoms with Crippen molar-refractivity contribution in [2.45, 2.75) is 13.0 Å². The number of methoxy groups -OCH3 is 1. The van der Waals surface area contributed by atoms with E-state index >= 15 is 0 Å². The van der Waals surface area contributed by atoms with E-state index in [1.54, 1.807) is 25.3 Å². The minimum absolute atomic E-state index is 0.134. The van der Waals surface area contributed by atoms with Crippen LogP contribution in [0.2, 0.25) is 0 Å². The van der Waals surface area contributed by atoms with E-state index in [2.05, 4.69) is 15.5 Å². The summed E-state index contributed by atoms with van der Waals surface area (Å²) in [5.74, 6) is 0.563. The Kier molecular flexibility index (Phi) is 5.54. The fourth-order valence-corrected chi connectivity index (χ4v) is 4.79. The number of rotatable bonds is 5. The molecular formula is C20H20N4O5S2. The Labute approximate surface area is 183 Å². The Hall–Kier alpha value is -3.18. The van der Waals surface area contributed by atoms with Gasteiger partial charge in [0.15, 0.2) is 6.10 Å². The molecule has 11 heteroatoms. The Morgan fingerprint density at radius 2 is 1.97 bits per heavy atom. The predicted molar refractivity (Wildman–Crippen MR) is 118 cm³/mol. The molecule has 0 fully saturated rings. The maximum atomic E-state index is 12.8. The Morgan fingerprint density at radius 1 is 1.23 bits per heavy atom. The van der Waals surface area contributed by atoms with Crippen molar-refractivity contribution in [1.29, 1.82) is 0 Å². The summed E-state index contributed by atoms with van der Waals surface area (Å²) in [6, 6.07) is 12.5. The lowest BCUT2D eigenvalue weighted by molar-refractivity contribution is -0.122. The molecule has 1 aliphatic rings. The van der Waals surface area contributed by atoms with Crippen molar-refractivity contribution in [3.05, 3.63) is 48.0 Å². The van der Waals surface area contributed by atoms with E-state index < -0.39 is 22.0 Å². The predicted octanol–water partition coefficient (Wildman–Crippen LogP) is 2.69. The summed E-state index contributed by atoms with van der Waals surface area (Å²) in [5, 5.41) is 11.7. The molecule has 0 saturated carbocycles. The van der Waals surface area contributed by atoms with Crippen molar-refractivity contribution in [3.8, 4) is 22.1 Å². The Bertz CT molecular complexity index is 1220. The largest absolute Gasteiger partial charge is 0.497 e. The van der Waals surface area contributed by atoms with E-state index in [1.165, 1.54) is 15.6 Å². The van der Waals surface area contributed by atoms with Gasteiger partial charge in [-0.3, -0.25) is 14.4 Å². The summed E-state index contributed by atoms with van der Waals surface area (Å²) < 4.78 is 36.7. The number of ether oxygens (including phenoxy) is 2. The molecule has 31 heavy (non-hydrogen) atoms. The molecule has 1 aliphatic heterocycles. The van der Waals surface area contributed by atoms with Gasteiger partial charge in [0, 0.05) is 5.56 Å². The SMILES string of the molecule is COc1ccc(-c2nnc(NC(=O)[C@@H]3CN(S(C)(=O)=O)c4ccc(C)cc4O3)s2)cc1. The molecular weight excluding hydrogens is 440 g/mol. The number of aromatic nitrogens is 2. The van der Waals surface area contributed by atoms with Gasteiger partial charge >= 0.3 is 0 Å². The van der Waals surface area contributed by atoms with Gasteiger partial charge in [-0.25, -0.2) is 8.42 Å². The van der Waals surface area contributed by atoms with Crippen LogP contribution in [0.1, 0.15) is 5.56 Å². The maximum Gasteiger partial charge on any atom is 0.269 e. The van der Waals surface area contributed by atoms with Crippen LogP contribution < -0.4 is 19.1 Å². The monoisotopic (exact) mass is 460 g/mol. The van der Waals surface area contributed by atoms with E-state index in [-0.39, 0.29) is 6.54 Å². The number of nitrogens with one attached hydrogen (secondary N) is 1. The molecule has 3 aromatic rings. The number of benzene rings is 2. The number of nitrogens with zero attached hydrogens (tertiary/aromatic N) is 3. The van der Waals surface area contributed by atoms with Gasteiger partial charge < -0.3 is 9.47 Å². The first-order valence-corrected chi connectivity index (χ1v) is 11.9. The quantitative estimate of drug-likeness (QED) is 0.623. The highest BCUT2D eigenvalue weighted by atomic mass is 32.2. The van der Waals surface area contributed by atoms with Crippen LogP contribution in [0.25, 0.3) is 10.6 Å². The minimum atomic E-state index is -3.59. The van der Waals surface area contributed by atoms with Crippen LogP contribution in [0.15, 0.2) is 42.5 Å². The number of carbonyl (C=O) groups is 1. The zero-order chi connectivity index (χ0) is 22.2. The second kappa shape index (κ2) is 8.16. The van der Waals surface area contributed by atoms with E-state index in [1.807, 2.05) is 31.2 Å². The standard InChI is InChI=1S/C20H20N4O5S2/c1-12-4-9-15-16(10-12)29-17(11-24(15)31(3,26)27)18(25)21-20-23-22-19(30-20)13-5-7-14(28-2)8-6-13/h4-10,17H,11H2,1-3H3,(H,21,23,25)/t17-/m0/s1. The summed E-state index contributed by atoms with van der Waals surface area (Å²) >= 11 is 1.20. The smallest absolute Gasteiger partial charge is 0.269 e.